The molecule has 0 unspecified atom stereocenters. The van der Waals surface area contributed by atoms with E-state index in [0.717, 1.165) is 5.69 Å². The van der Waals surface area contributed by atoms with Crippen molar-refractivity contribution < 1.29 is 9.53 Å². The topological polar surface area (TPSA) is 84.5 Å². The van der Waals surface area contributed by atoms with Gasteiger partial charge in [0.25, 0.3) is 5.56 Å². The average Bonchev–Trinajstić information content (AvgIpc) is 3.13. The van der Waals surface area contributed by atoms with Gasteiger partial charge in [-0.1, -0.05) is 36.4 Å². The summed E-state index contributed by atoms with van der Waals surface area (Å²) in [7, 11) is 0. The summed E-state index contributed by atoms with van der Waals surface area (Å²) >= 11 is 1.36. The zero-order valence-corrected chi connectivity index (χ0v) is 16.3. The van der Waals surface area contributed by atoms with Gasteiger partial charge in [-0.3, -0.25) is 9.20 Å². The van der Waals surface area contributed by atoms with Crippen LogP contribution < -0.4 is 5.56 Å². The number of benzene rings is 2. The lowest BCUT2D eigenvalue weighted by atomic mass is 9.96. The molecule has 2 heterocycles. The monoisotopic (exact) mass is 401 g/mol. The van der Waals surface area contributed by atoms with Crippen LogP contribution in [0.3, 0.4) is 0 Å². The molecule has 2 aromatic carbocycles. The van der Waals surface area contributed by atoms with Gasteiger partial charge in [0.1, 0.15) is 6.61 Å². The fraction of sp³-hybridized carbons (Fsp3) is 0.0909. The molecule has 2 aromatic heterocycles. The van der Waals surface area contributed by atoms with Gasteiger partial charge in [-0.15, -0.1) is 11.3 Å². The van der Waals surface area contributed by atoms with Gasteiger partial charge in [0.15, 0.2) is 4.96 Å². The largest absolute Gasteiger partial charge is 0.456 e. The van der Waals surface area contributed by atoms with E-state index in [4.69, 9.17) is 4.74 Å². The van der Waals surface area contributed by atoms with Crippen molar-refractivity contribution in [3.05, 3.63) is 92.8 Å². The lowest BCUT2D eigenvalue weighted by Crippen LogP contribution is -2.16. The van der Waals surface area contributed by atoms with E-state index in [0.29, 0.717) is 32.9 Å². The fourth-order valence-corrected chi connectivity index (χ4v) is 3.99. The van der Waals surface area contributed by atoms with E-state index in [-0.39, 0.29) is 12.2 Å². The number of esters is 1. The number of hydrogen-bond acceptors (Lipinski definition) is 6. The number of nitrogens with zero attached hydrogens (tertiary/aromatic N) is 3. The third-order valence-electron chi connectivity index (χ3n) is 4.46. The molecular formula is C22H15N3O3S. The molecular weight excluding hydrogens is 386 g/mol. The molecule has 0 fully saturated rings. The first-order valence-electron chi connectivity index (χ1n) is 8.81. The first-order valence-corrected chi connectivity index (χ1v) is 9.69. The Bertz CT molecular complexity index is 1330. The molecule has 0 bridgehead atoms. The highest BCUT2D eigenvalue weighted by molar-refractivity contribution is 7.15. The second kappa shape index (κ2) is 7.70. The molecule has 142 valence electrons. The molecule has 0 amide bonds. The van der Waals surface area contributed by atoms with Gasteiger partial charge >= 0.3 is 5.97 Å². The van der Waals surface area contributed by atoms with E-state index in [1.807, 2.05) is 18.4 Å². The molecule has 0 atom stereocenters. The van der Waals surface area contributed by atoms with Crippen molar-refractivity contribution in [2.24, 2.45) is 0 Å². The zero-order chi connectivity index (χ0) is 20.4. The number of aromatic nitrogens is 2. The van der Waals surface area contributed by atoms with Crippen LogP contribution in [0, 0.1) is 18.3 Å². The standard InChI is InChI=1S/C22H15N3O3S/c1-14-13-29-22-24-16(10-20(26)25(14)22)12-28-21(27)19-9-5-4-8-18(19)17-7-3-2-6-15(17)11-23/h2-10,13H,12H2,1H3. The second-order valence-corrected chi connectivity index (χ2v) is 7.20. The number of nitriles is 1. The highest BCUT2D eigenvalue weighted by Gasteiger charge is 2.17. The lowest BCUT2D eigenvalue weighted by Gasteiger charge is -2.11. The van der Waals surface area contributed by atoms with Crippen LogP contribution in [0.2, 0.25) is 0 Å². The van der Waals surface area contributed by atoms with Gasteiger partial charge in [-0.05, 0) is 24.6 Å². The number of aryl methyl sites for hydroxylation is 1. The molecule has 0 N–H and O–H groups in total. The molecule has 0 radical (unpaired) electrons. The van der Waals surface area contributed by atoms with Crippen molar-refractivity contribution in [2.45, 2.75) is 13.5 Å². The summed E-state index contributed by atoms with van der Waals surface area (Å²) in [6.45, 7) is 1.72. The highest BCUT2D eigenvalue weighted by atomic mass is 32.1. The Kier molecular flexibility index (Phi) is 4.94. The summed E-state index contributed by atoms with van der Waals surface area (Å²) in [5.74, 6) is -0.544. The van der Waals surface area contributed by atoms with Crippen LogP contribution in [0.1, 0.15) is 27.3 Å². The molecule has 0 spiro atoms. The zero-order valence-electron chi connectivity index (χ0n) is 15.5. The number of hydrogen-bond donors (Lipinski definition) is 0. The molecule has 0 aliphatic heterocycles. The van der Waals surface area contributed by atoms with Gasteiger partial charge in [0.05, 0.1) is 22.9 Å². The molecule has 0 saturated carbocycles. The van der Waals surface area contributed by atoms with E-state index < -0.39 is 5.97 Å². The predicted octanol–water partition coefficient (Wildman–Crippen LogP) is 3.96. The van der Waals surface area contributed by atoms with Gasteiger partial charge in [0.2, 0.25) is 0 Å². The van der Waals surface area contributed by atoms with E-state index in [1.165, 1.54) is 21.8 Å². The third kappa shape index (κ3) is 3.53. The van der Waals surface area contributed by atoms with Gasteiger partial charge in [0, 0.05) is 22.7 Å². The molecule has 0 aliphatic rings. The van der Waals surface area contributed by atoms with E-state index in [2.05, 4.69) is 11.1 Å². The molecule has 6 nitrogen and oxygen atoms in total. The molecule has 4 aromatic rings. The number of thiazole rings is 1. The first kappa shape index (κ1) is 18.6. The summed E-state index contributed by atoms with van der Waals surface area (Å²) in [5.41, 5.74) is 3.10. The third-order valence-corrected chi connectivity index (χ3v) is 5.41. The van der Waals surface area contributed by atoms with Crippen molar-refractivity contribution in [2.75, 3.05) is 0 Å². The van der Waals surface area contributed by atoms with Crippen molar-refractivity contribution in [3.8, 4) is 17.2 Å². The van der Waals surface area contributed by atoms with Crippen LogP contribution in [0.25, 0.3) is 16.1 Å². The van der Waals surface area contributed by atoms with Crippen molar-refractivity contribution in [1.82, 2.24) is 9.38 Å². The second-order valence-electron chi connectivity index (χ2n) is 6.36. The summed E-state index contributed by atoms with van der Waals surface area (Å²) in [6, 6.07) is 17.6. The fourth-order valence-electron chi connectivity index (χ4n) is 3.10. The van der Waals surface area contributed by atoms with E-state index in [9.17, 15) is 14.9 Å². The number of carbonyl (C=O) groups excluding carboxylic acids is 1. The van der Waals surface area contributed by atoms with Crippen molar-refractivity contribution in [3.63, 3.8) is 0 Å². The Morgan fingerprint density at radius 1 is 1.17 bits per heavy atom. The molecule has 29 heavy (non-hydrogen) atoms. The summed E-state index contributed by atoms with van der Waals surface area (Å²) < 4.78 is 6.95. The summed E-state index contributed by atoms with van der Waals surface area (Å²) in [4.78, 5) is 30.0. The average molecular weight is 401 g/mol. The predicted molar refractivity (Wildman–Crippen MR) is 110 cm³/mol. The maximum absolute atomic E-state index is 12.8. The highest BCUT2D eigenvalue weighted by Crippen LogP contribution is 2.27. The van der Waals surface area contributed by atoms with Gasteiger partial charge in [-0.2, -0.15) is 5.26 Å². The molecule has 0 saturated heterocycles. The Labute approximate surface area is 170 Å². The summed E-state index contributed by atoms with van der Waals surface area (Å²) in [5, 5.41) is 11.2. The molecule has 4 rings (SSSR count). The van der Waals surface area contributed by atoms with Crippen LogP contribution >= 0.6 is 11.3 Å². The maximum Gasteiger partial charge on any atom is 0.339 e. The Morgan fingerprint density at radius 3 is 2.69 bits per heavy atom. The quantitative estimate of drug-likeness (QED) is 0.483. The number of ether oxygens (including phenoxy) is 1. The Morgan fingerprint density at radius 2 is 1.90 bits per heavy atom. The summed E-state index contributed by atoms with van der Waals surface area (Å²) in [6.07, 6.45) is 0. The lowest BCUT2D eigenvalue weighted by molar-refractivity contribution is 0.0468. The SMILES string of the molecule is Cc1csc2nc(COC(=O)c3ccccc3-c3ccccc3C#N)cc(=O)n12. The minimum Gasteiger partial charge on any atom is -0.456 e. The number of fused-ring (bicyclic) bond motifs is 1. The van der Waals surface area contributed by atoms with E-state index >= 15 is 0 Å². The minimum absolute atomic E-state index is 0.115. The first-order chi connectivity index (χ1) is 14.1. The van der Waals surface area contributed by atoms with Crippen LogP contribution in [-0.2, 0) is 11.3 Å². The van der Waals surface area contributed by atoms with Crippen LogP contribution in [0.4, 0.5) is 0 Å². The van der Waals surface area contributed by atoms with E-state index in [1.54, 1.807) is 42.5 Å². The van der Waals surface area contributed by atoms with Crippen LogP contribution in [0.15, 0.2) is 64.8 Å². The molecule has 7 heteroatoms. The normalized spacial score (nSPS) is 10.6. The Balaban J connectivity index is 1.62. The number of rotatable bonds is 4. The minimum atomic E-state index is -0.544. The van der Waals surface area contributed by atoms with Gasteiger partial charge < -0.3 is 4.74 Å². The smallest absolute Gasteiger partial charge is 0.339 e. The maximum atomic E-state index is 12.8. The van der Waals surface area contributed by atoms with Crippen molar-refractivity contribution >= 4 is 22.3 Å². The van der Waals surface area contributed by atoms with Gasteiger partial charge in [-0.25, -0.2) is 9.78 Å². The number of carbonyl (C=O) groups is 1. The van der Waals surface area contributed by atoms with Crippen molar-refractivity contribution in [1.29, 1.82) is 5.26 Å². The Hall–Kier alpha value is -3.76. The van der Waals surface area contributed by atoms with Crippen LogP contribution in [-0.4, -0.2) is 15.4 Å². The van der Waals surface area contributed by atoms with Crippen LogP contribution in [0.5, 0.6) is 0 Å². The molecule has 0 aliphatic carbocycles.